The standard InChI is InChI=1S/C14H16ClNO4/c15-8-13(17)16-6-7-19-12(9-16)14(18)20-10-11-4-2-1-3-5-11/h1-5,12H,6-10H2. The van der Waals surface area contributed by atoms with Gasteiger partial charge in [-0.2, -0.15) is 0 Å². The monoisotopic (exact) mass is 297 g/mol. The lowest BCUT2D eigenvalue weighted by Crippen LogP contribution is -2.49. The Hall–Kier alpha value is -1.59. The number of benzene rings is 1. The predicted octanol–water partition coefficient (Wildman–Crippen LogP) is 1.20. The van der Waals surface area contributed by atoms with E-state index in [0.717, 1.165) is 5.56 Å². The van der Waals surface area contributed by atoms with Crippen LogP contribution in [0, 0.1) is 0 Å². The van der Waals surface area contributed by atoms with Crippen molar-refractivity contribution < 1.29 is 19.1 Å². The molecule has 1 atom stereocenters. The van der Waals surface area contributed by atoms with Gasteiger partial charge in [-0.1, -0.05) is 30.3 Å². The number of rotatable bonds is 4. The number of nitrogens with zero attached hydrogens (tertiary/aromatic N) is 1. The number of hydrogen-bond donors (Lipinski definition) is 0. The molecule has 1 aliphatic rings. The number of carbonyl (C=O) groups excluding carboxylic acids is 2. The van der Waals surface area contributed by atoms with Crippen molar-refractivity contribution in [2.75, 3.05) is 25.6 Å². The van der Waals surface area contributed by atoms with Crippen molar-refractivity contribution in [1.82, 2.24) is 4.90 Å². The molecule has 1 saturated heterocycles. The lowest BCUT2D eigenvalue weighted by Gasteiger charge is -2.31. The maximum absolute atomic E-state index is 11.9. The highest BCUT2D eigenvalue weighted by Gasteiger charge is 2.29. The van der Waals surface area contributed by atoms with Crippen LogP contribution in [-0.4, -0.2) is 48.5 Å². The maximum Gasteiger partial charge on any atom is 0.337 e. The molecule has 108 valence electrons. The Morgan fingerprint density at radius 3 is 2.80 bits per heavy atom. The quantitative estimate of drug-likeness (QED) is 0.619. The summed E-state index contributed by atoms with van der Waals surface area (Å²) in [6, 6.07) is 9.39. The minimum Gasteiger partial charge on any atom is -0.459 e. The Balaban J connectivity index is 1.84. The zero-order valence-corrected chi connectivity index (χ0v) is 11.7. The molecule has 1 aromatic carbocycles. The van der Waals surface area contributed by atoms with Crippen molar-refractivity contribution >= 4 is 23.5 Å². The van der Waals surface area contributed by atoms with Crippen molar-refractivity contribution in [2.45, 2.75) is 12.7 Å². The van der Waals surface area contributed by atoms with Crippen LogP contribution in [0.3, 0.4) is 0 Å². The molecule has 0 aliphatic carbocycles. The third-order valence-corrected chi connectivity index (χ3v) is 3.25. The zero-order valence-electron chi connectivity index (χ0n) is 11.0. The average Bonchev–Trinajstić information content (AvgIpc) is 2.53. The van der Waals surface area contributed by atoms with Crippen molar-refractivity contribution in [1.29, 1.82) is 0 Å². The van der Waals surface area contributed by atoms with Crippen LogP contribution in [0.5, 0.6) is 0 Å². The van der Waals surface area contributed by atoms with E-state index < -0.39 is 12.1 Å². The summed E-state index contributed by atoms with van der Waals surface area (Å²) in [5, 5.41) is 0. The number of alkyl halides is 1. The Morgan fingerprint density at radius 2 is 2.10 bits per heavy atom. The fourth-order valence-corrected chi connectivity index (χ4v) is 2.09. The largest absolute Gasteiger partial charge is 0.459 e. The lowest BCUT2D eigenvalue weighted by atomic mass is 10.2. The van der Waals surface area contributed by atoms with Gasteiger partial charge in [-0.15, -0.1) is 11.6 Å². The first-order chi connectivity index (χ1) is 9.70. The first-order valence-corrected chi connectivity index (χ1v) is 6.90. The van der Waals surface area contributed by atoms with Crippen LogP contribution in [0.2, 0.25) is 0 Å². The second kappa shape index (κ2) is 7.26. The minimum atomic E-state index is -0.736. The minimum absolute atomic E-state index is 0.0915. The van der Waals surface area contributed by atoms with Crippen LogP contribution >= 0.6 is 11.6 Å². The van der Waals surface area contributed by atoms with Gasteiger partial charge in [-0.3, -0.25) is 4.79 Å². The summed E-state index contributed by atoms with van der Waals surface area (Å²) in [6.07, 6.45) is -0.736. The molecule has 0 N–H and O–H groups in total. The number of ether oxygens (including phenoxy) is 2. The second-order valence-electron chi connectivity index (χ2n) is 4.43. The van der Waals surface area contributed by atoms with Gasteiger partial charge in [0, 0.05) is 6.54 Å². The SMILES string of the molecule is O=C(OCc1ccccc1)C1CN(C(=O)CCl)CCO1. The van der Waals surface area contributed by atoms with E-state index >= 15 is 0 Å². The van der Waals surface area contributed by atoms with Crippen LogP contribution in [0.15, 0.2) is 30.3 Å². The number of morpholine rings is 1. The predicted molar refractivity (Wildman–Crippen MR) is 73.3 cm³/mol. The average molecular weight is 298 g/mol. The molecule has 1 fully saturated rings. The summed E-state index contributed by atoms with van der Waals surface area (Å²) in [7, 11) is 0. The van der Waals surface area contributed by atoms with E-state index in [-0.39, 0.29) is 24.9 Å². The van der Waals surface area contributed by atoms with E-state index in [2.05, 4.69) is 0 Å². The van der Waals surface area contributed by atoms with E-state index in [4.69, 9.17) is 21.1 Å². The molecular weight excluding hydrogens is 282 g/mol. The molecule has 1 heterocycles. The van der Waals surface area contributed by atoms with E-state index in [1.165, 1.54) is 4.90 Å². The number of halogens is 1. The molecule has 0 bridgehead atoms. The lowest BCUT2D eigenvalue weighted by molar-refractivity contribution is -0.166. The van der Waals surface area contributed by atoms with Gasteiger partial charge in [-0.05, 0) is 5.56 Å². The summed E-state index contributed by atoms with van der Waals surface area (Å²) in [5.41, 5.74) is 0.908. The Bertz CT molecular complexity index is 466. The Kier molecular flexibility index (Phi) is 5.38. The van der Waals surface area contributed by atoms with E-state index in [1.807, 2.05) is 30.3 Å². The van der Waals surface area contributed by atoms with Crippen molar-refractivity contribution in [3.63, 3.8) is 0 Å². The van der Waals surface area contributed by atoms with Gasteiger partial charge < -0.3 is 14.4 Å². The fourth-order valence-electron chi connectivity index (χ4n) is 1.92. The third kappa shape index (κ3) is 3.95. The van der Waals surface area contributed by atoms with E-state index in [0.29, 0.717) is 13.2 Å². The van der Waals surface area contributed by atoms with Crippen LogP contribution in [0.4, 0.5) is 0 Å². The maximum atomic E-state index is 11.9. The molecular formula is C14H16ClNO4. The fraction of sp³-hybridized carbons (Fsp3) is 0.429. The van der Waals surface area contributed by atoms with Crippen LogP contribution < -0.4 is 0 Å². The molecule has 0 radical (unpaired) electrons. The highest BCUT2D eigenvalue weighted by atomic mass is 35.5. The first-order valence-electron chi connectivity index (χ1n) is 6.36. The summed E-state index contributed by atoms with van der Waals surface area (Å²) in [6.45, 7) is 1.16. The summed E-state index contributed by atoms with van der Waals surface area (Å²) in [5.74, 6) is -0.747. The van der Waals surface area contributed by atoms with Gasteiger partial charge in [0.25, 0.3) is 0 Å². The van der Waals surface area contributed by atoms with Gasteiger partial charge >= 0.3 is 5.97 Å². The molecule has 1 amide bonds. The number of carbonyl (C=O) groups is 2. The molecule has 1 unspecified atom stereocenters. The van der Waals surface area contributed by atoms with E-state index in [1.54, 1.807) is 0 Å². The molecule has 0 aromatic heterocycles. The third-order valence-electron chi connectivity index (χ3n) is 3.02. The molecule has 1 aliphatic heterocycles. The van der Waals surface area contributed by atoms with Crippen molar-refractivity contribution in [3.8, 4) is 0 Å². The number of amides is 1. The second-order valence-corrected chi connectivity index (χ2v) is 4.69. The Labute approximate surface area is 122 Å². The Morgan fingerprint density at radius 1 is 1.35 bits per heavy atom. The smallest absolute Gasteiger partial charge is 0.337 e. The number of esters is 1. The molecule has 2 rings (SSSR count). The molecule has 0 saturated carbocycles. The number of hydrogen-bond acceptors (Lipinski definition) is 4. The van der Waals surface area contributed by atoms with Crippen LogP contribution in [0.1, 0.15) is 5.56 Å². The summed E-state index contributed by atoms with van der Waals surface area (Å²) >= 11 is 5.51. The van der Waals surface area contributed by atoms with Gasteiger partial charge in [0.05, 0.1) is 13.2 Å². The molecule has 1 aromatic rings. The van der Waals surface area contributed by atoms with Gasteiger partial charge in [0.1, 0.15) is 12.5 Å². The van der Waals surface area contributed by atoms with Gasteiger partial charge in [-0.25, -0.2) is 4.79 Å². The van der Waals surface area contributed by atoms with Crippen molar-refractivity contribution in [2.24, 2.45) is 0 Å². The highest BCUT2D eigenvalue weighted by molar-refractivity contribution is 6.27. The normalized spacial score (nSPS) is 18.6. The van der Waals surface area contributed by atoms with E-state index in [9.17, 15) is 9.59 Å². The highest BCUT2D eigenvalue weighted by Crippen LogP contribution is 2.09. The summed E-state index contributed by atoms with van der Waals surface area (Å²) < 4.78 is 10.5. The summed E-state index contributed by atoms with van der Waals surface area (Å²) in [4.78, 5) is 24.9. The zero-order chi connectivity index (χ0) is 14.4. The van der Waals surface area contributed by atoms with Gasteiger partial charge in [0.2, 0.25) is 5.91 Å². The van der Waals surface area contributed by atoms with Gasteiger partial charge in [0.15, 0.2) is 6.10 Å². The van der Waals surface area contributed by atoms with Crippen LogP contribution in [0.25, 0.3) is 0 Å². The molecule has 6 heteroatoms. The first kappa shape index (κ1) is 14.8. The topological polar surface area (TPSA) is 55.8 Å². The van der Waals surface area contributed by atoms with Crippen LogP contribution in [-0.2, 0) is 25.7 Å². The van der Waals surface area contributed by atoms with Crippen molar-refractivity contribution in [3.05, 3.63) is 35.9 Å². The molecule has 0 spiro atoms. The molecule has 5 nitrogen and oxygen atoms in total. The molecule has 20 heavy (non-hydrogen) atoms.